The van der Waals surface area contributed by atoms with Crippen LogP contribution in [0.15, 0.2) is 18.2 Å². The maximum Gasteiger partial charge on any atom is 0.417 e. The summed E-state index contributed by atoms with van der Waals surface area (Å²) in [4.78, 5) is 12.7. The molecule has 1 fully saturated rings. The smallest absolute Gasteiger partial charge is 0.384 e. The Morgan fingerprint density at radius 2 is 2.00 bits per heavy atom. The third kappa shape index (κ3) is 3.75. The molecule has 1 aliphatic heterocycles. The Morgan fingerprint density at radius 3 is 2.52 bits per heavy atom. The van der Waals surface area contributed by atoms with Crippen molar-refractivity contribution < 1.29 is 22.7 Å². The lowest BCUT2D eigenvalue weighted by Gasteiger charge is -2.33. The molecule has 1 aliphatic rings. The highest BCUT2D eigenvalue weighted by Gasteiger charge is 2.34. The lowest BCUT2D eigenvalue weighted by Crippen LogP contribution is -2.35. The van der Waals surface area contributed by atoms with Gasteiger partial charge in [-0.3, -0.25) is 4.79 Å². The minimum absolute atomic E-state index is 0.247. The molecule has 0 atom stereocenters. The number of carbonyl (C=O) groups excluding carboxylic acids is 1. The number of alkyl halides is 3. The quantitative estimate of drug-likeness (QED) is 0.799. The predicted octanol–water partition coefficient (Wildman–Crippen LogP) is 3.38. The van der Waals surface area contributed by atoms with Crippen LogP contribution in [0.3, 0.4) is 0 Å². The van der Waals surface area contributed by atoms with Crippen LogP contribution in [-0.2, 0) is 10.9 Å². The number of hydrogen-bond donors (Lipinski definition) is 0. The van der Waals surface area contributed by atoms with E-state index < -0.39 is 11.7 Å². The van der Waals surface area contributed by atoms with Crippen molar-refractivity contribution in [1.29, 1.82) is 0 Å². The summed E-state index contributed by atoms with van der Waals surface area (Å²) in [6, 6.07) is 3.89. The van der Waals surface area contributed by atoms with Gasteiger partial charge in [0.2, 0.25) is 0 Å². The summed E-state index contributed by atoms with van der Waals surface area (Å²) in [5, 5.41) is 0. The summed E-state index contributed by atoms with van der Waals surface area (Å²) in [7, 11) is 1.65. The van der Waals surface area contributed by atoms with E-state index in [1.165, 1.54) is 6.07 Å². The largest absolute Gasteiger partial charge is 0.417 e. The molecule has 1 aromatic carbocycles. The summed E-state index contributed by atoms with van der Waals surface area (Å²) < 4.78 is 44.0. The molecule has 21 heavy (non-hydrogen) atoms. The van der Waals surface area contributed by atoms with Gasteiger partial charge in [-0.1, -0.05) is 0 Å². The molecule has 0 saturated carbocycles. The second kappa shape index (κ2) is 6.47. The average molecular weight is 301 g/mol. The van der Waals surface area contributed by atoms with Crippen LogP contribution in [0.1, 0.15) is 28.8 Å². The van der Waals surface area contributed by atoms with Crippen LogP contribution in [-0.4, -0.2) is 33.1 Å². The van der Waals surface area contributed by atoms with Gasteiger partial charge in [-0.15, -0.1) is 0 Å². The van der Waals surface area contributed by atoms with Gasteiger partial charge in [0.15, 0.2) is 6.29 Å². The van der Waals surface area contributed by atoms with E-state index in [0.717, 1.165) is 18.9 Å². The number of aldehydes is 1. The van der Waals surface area contributed by atoms with Crippen molar-refractivity contribution in [2.24, 2.45) is 5.92 Å². The van der Waals surface area contributed by atoms with Gasteiger partial charge < -0.3 is 9.64 Å². The Balaban J connectivity index is 2.16. The molecule has 116 valence electrons. The third-order valence-electron chi connectivity index (χ3n) is 3.85. The van der Waals surface area contributed by atoms with E-state index in [1.54, 1.807) is 13.2 Å². The lowest BCUT2D eigenvalue weighted by molar-refractivity contribution is -0.137. The Hall–Kier alpha value is -1.56. The van der Waals surface area contributed by atoms with Crippen molar-refractivity contribution in [2.45, 2.75) is 19.0 Å². The van der Waals surface area contributed by atoms with E-state index in [4.69, 9.17) is 4.74 Å². The van der Waals surface area contributed by atoms with E-state index in [0.29, 0.717) is 31.3 Å². The molecule has 3 nitrogen and oxygen atoms in total. The number of halogens is 3. The lowest BCUT2D eigenvalue weighted by atomic mass is 9.97. The molecule has 0 spiro atoms. The summed E-state index contributed by atoms with van der Waals surface area (Å²) >= 11 is 0. The average Bonchev–Trinajstić information content (AvgIpc) is 2.47. The SMILES string of the molecule is COCC1CCN(c2ccc(C=O)c(C(F)(F)F)c2)CC1. The van der Waals surface area contributed by atoms with Crippen LogP contribution in [0, 0.1) is 5.92 Å². The van der Waals surface area contributed by atoms with Crippen molar-refractivity contribution in [3.63, 3.8) is 0 Å². The van der Waals surface area contributed by atoms with Gasteiger partial charge in [-0.25, -0.2) is 0 Å². The van der Waals surface area contributed by atoms with Crippen LogP contribution < -0.4 is 4.90 Å². The third-order valence-corrected chi connectivity index (χ3v) is 3.85. The number of anilines is 1. The summed E-state index contributed by atoms with van der Waals surface area (Å²) in [6.07, 6.45) is -2.48. The molecule has 6 heteroatoms. The van der Waals surface area contributed by atoms with Gasteiger partial charge in [-0.2, -0.15) is 13.2 Å². The molecule has 2 rings (SSSR count). The van der Waals surface area contributed by atoms with Gasteiger partial charge in [0.1, 0.15) is 0 Å². The Kier molecular flexibility index (Phi) is 4.88. The number of methoxy groups -OCH3 is 1. The second-order valence-electron chi connectivity index (χ2n) is 5.27. The number of carbonyl (C=O) groups is 1. The minimum Gasteiger partial charge on any atom is -0.384 e. The van der Waals surface area contributed by atoms with Gasteiger partial charge in [-0.05, 0) is 37.0 Å². The van der Waals surface area contributed by atoms with Crippen molar-refractivity contribution >= 4 is 12.0 Å². The number of rotatable bonds is 4. The van der Waals surface area contributed by atoms with Gasteiger partial charge in [0, 0.05) is 38.1 Å². The highest BCUT2D eigenvalue weighted by molar-refractivity contribution is 5.79. The zero-order chi connectivity index (χ0) is 15.5. The first kappa shape index (κ1) is 15.8. The first-order chi connectivity index (χ1) is 9.95. The van der Waals surface area contributed by atoms with E-state index in [9.17, 15) is 18.0 Å². The number of hydrogen-bond acceptors (Lipinski definition) is 3. The predicted molar refractivity (Wildman–Crippen MR) is 73.6 cm³/mol. The van der Waals surface area contributed by atoms with Gasteiger partial charge >= 0.3 is 6.18 Å². The maximum absolute atomic E-state index is 13.0. The zero-order valence-corrected chi connectivity index (χ0v) is 11.8. The summed E-state index contributed by atoms with van der Waals surface area (Å²) in [5.74, 6) is 0.461. The van der Waals surface area contributed by atoms with Crippen molar-refractivity contribution in [1.82, 2.24) is 0 Å². The molecule has 0 amide bonds. The van der Waals surface area contributed by atoms with Crippen molar-refractivity contribution in [3.8, 4) is 0 Å². The van der Waals surface area contributed by atoms with E-state index >= 15 is 0 Å². The summed E-state index contributed by atoms with van der Waals surface area (Å²) in [6.45, 7) is 2.09. The zero-order valence-electron chi connectivity index (χ0n) is 11.8. The molecular weight excluding hydrogens is 283 g/mol. The summed E-state index contributed by atoms with van der Waals surface area (Å²) in [5.41, 5.74) is -0.668. The van der Waals surface area contributed by atoms with Gasteiger partial charge in [0.05, 0.1) is 5.56 Å². The normalized spacial score (nSPS) is 17.0. The Labute approximate surface area is 121 Å². The standard InChI is InChI=1S/C15H18F3NO2/c1-21-10-11-4-6-19(7-5-11)13-3-2-12(9-20)14(8-13)15(16,17)18/h2-3,8-9,11H,4-7,10H2,1H3. The van der Waals surface area contributed by atoms with Crippen LogP contribution in [0.25, 0.3) is 0 Å². The van der Waals surface area contributed by atoms with Gasteiger partial charge in [0.25, 0.3) is 0 Å². The Bertz CT molecular complexity index is 494. The highest BCUT2D eigenvalue weighted by Crippen LogP contribution is 2.35. The number of nitrogens with zero attached hydrogens (tertiary/aromatic N) is 1. The first-order valence-electron chi connectivity index (χ1n) is 6.86. The fourth-order valence-electron chi connectivity index (χ4n) is 2.68. The number of ether oxygens (including phenoxy) is 1. The number of benzene rings is 1. The van der Waals surface area contributed by atoms with Crippen LogP contribution >= 0.6 is 0 Å². The molecular formula is C15H18F3NO2. The van der Waals surface area contributed by atoms with Crippen LogP contribution in [0.5, 0.6) is 0 Å². The highest BCUT2D eigenvalue weighted by atomic mass is 19.4. The fourth-order valence-corrected chi connectivity index (χ4v) is 2.68. The molecule has 1 saturated heterocycles. The molecule has 1 heterocycles. The first-order valence-corrected chi connectivity index (χ1v) is 6.86. The Morgan fingerprint density at radius 1 is 1.33 bits per heavy atom. The van der Waals surface area contributed by atoms with Crippen LogP contribution in [0.2, 0.25) is 0 Å². The van der Waals surface area contributed by atoms with Crippen molar-refractivity contribution in [3.05, 3.63) is 29.3 Å². The molecule has 1 aromatic rings. The molecule has 0 unspecified atom stereocenters. The molecule has 0 aliphatic carbocycles. The maximum atomic E-state index is 13.0. The molecule has 0 radical (unpaired) electrons. The number of piperidine rings is 1. The minimum atomic E-state index is -4.51. The molecule has 0 bridgehead atoms. The monoisotopic (exact) mass is 301 g/mol. The second-order valence-corrected chi connectivity index (χ2v) is 5.27. The molecule has 0 aromatic heterocycles. The van der Waals surface area contributed by atoms with Crippen molar-refractivity contribution in [2.75, 3.05) is 31.7 Å². The van der Waals surface area contributed by atoms with E-state index in [1.807, 2.05) is 4.90 Å². The fraction of sp³-hybridized carbons (Fsp3) is 0.533. The van der Waals surface area contributed by atoms with Crippen LogP contribution in [0.4, 0.5) is 18.9 Å². The molecule has 0 N–H and O–H groups in total. The van der Waals surface area contributed by atoms with E-state index in [-0.39, 0.29) is 11.8 Å². The topological polar surface area (TPSA) is 29.5 Å². The van der Waals surface area contributed by atoms with E-state index in [2.05, 4.69) is 0 Å².